The van der Waals surface area contributed by atoms with Gasteiger partial charge in [-0.3, -0.25) is 4.79 Å². The molecular weight excluding hydrogens is 276 g/mol. The third-order valence-electron chi connectivity index (χ3n) is 3.22. The number of benzene rings is 2. The van der Waals surface area contributed by atoms with Crippen LogP contribution in [0.25, 0.3) is 22.0 Å². The van der Waals surface area contributed by atoms with Crippen molar-refractivity contribution in [3.05, 3.63) is 53.2 Å². The zero-order chi connectivity index (χ0) is 14.3. The minimum Gasteiger partial charge on any atom is -0.507 e. The molecule has 2 aromatic carbocycles. The summed E-state index contributed by atoms with van der Waals surface area (Å²) >= 11 is 5.84. The fourth-order valence-electron chi connectivity index (χ4n) is 2.34. The Balaban J connectivity index is 2.36. The third kappa shape index (κ3) is 1.90. The molecule has 0 unspecified atom stereocenters. The highest BCUT2D eigenvalue weighted by atomic mass is 35.5. The zero-order valence-corrected chi connectivity index (χ0v) is 11.1. The molecule has 1 amide bonds. The second-order valence-electron chi connectivity index (χ2n) is 4.46. The van der Waals surface area contributed by atoms with Gasteiger partial charge in [0.25, 0.3) is 5.91 Å². The number of carbonyl (C=O) groups excluding carboxylic acids is 1. The van der Waals surface area contributed by atoms with E-state index in [1.807, 2.05) is 18.2 Å². The Kier molecular flexibility index (Phi) is 2.88. The van der Waals surface area contributed by atoms with E-state index >= 15 is 0 Å². The predicted octanol–water partition coefficient (Wildman–Crippen LogP) is 3.29. The van der Waals surface area contributed by atoms with Crippen molar-refractivity contribution in [1.82, 2.24) is 4.98 Å². The number of nitrogens with one attached hydrogen (secondary N) is 1. The molecule has 4 nitrogen and oxygen atoms in total. The van der Waals surface area contributed by atoms with Crippen LogP contribution in [0.4, 0.5) is 0 Å². The molecule has 0 aliphatic carbocycles. The minimum atomic E-state index is -0.517. The van der Waals surface area contributed by atoms with Crippen LogP contribution in [-0.4, -0.2) is 16.0 Å². The van der Waals surface area contributed by atoms with Gasteiger partial charge in [0.1, 0.15) is 5.75 Å². The Labute approximate surface area is 119 Å². The molecule has 0 fully saturated rings. The van der Waals surface area contributed by atoms with E-state index in [4.69, 9.17) is 17.3 Å². The van der Waals surface area contributed by atoms with Crippen LogP contribution in [0.1, 0.15) is 10.4 Å². The number of H-pyrrole nitrogens is 1. The first kappa shape index (κ1) is 12.6. The van der Waals surface area contributed by atoms with Crippen molar-refractivity contribution in [3.63, 3.8) is 0 Å². The third-order valence-corrected chi connectivity index (χ3v) is 3.46. The van der Waals surface area contributed by atoms with Crippen LogP contribution < -0.4 is 5.73 Å². The van der Waals surface area contributed by atoms with E-state index in [1.54, 1.807) is 18.3 Å². The molecule has 0 spiro atoms. The number of phenolic OH excluding ortho intramolecular Hbond substituents is 1. The Morgan fingerprint density at radius 2 is 2.00 bits per heavy atom. The van der Waals surface area contributed by atoms with E-state index in [9.17, 15) is 9.90 Å². The monoisotopic (exact) mass is 286 g/mol. The molecular formula is C15H11ClN2O2. The molecule has 0 bridgehead atoms. The van der Waals surface area contributed by atoms with Gasteiger partial charge in [0.15, 0.2) is 0 Å². The topological polar surface area (TPSA) is 79.1 Å². The summed E-state index contributed by atoms with van der Waals surface area (Å²) in [7, 11) is 0. The second-order valence-corrected chi connectivity index (χ2v) is 4.89. The maximum Gasteiger partial charge on any atom is 0.250 e. The molecule has 1 aromatic heterocycles. The van der Waals surface area contributed by atoms with Crippen LogP contribution in [0.3, 0.4) is 0 Å². The first-order valence-electron chi connectivity index (χ1n) is 5.96. The second kappa shape index (κ2) is 4.58. The summed E-state index contributed by atoms with van der Waals surface area (Å²) in [4.78, 5) is 14.5. The lowest BCUT2D eigenvalue weighted by molar-refractivity contribution is 0.100. The van der Waals surface area contributed by atoms with Crippen LogP contribution in [0.2, 0.25) is 5.02 Å². The van der Waals surface area contributed by atoms with Gasteiger partial charge in [-0.2, -0.15) is 0 Å². The van der Waals surface area contributed by atoms with Crippen LogP contribution in [-0.2, 0) is 0 Å². The Morgan fingerprint density at radius 1 is 1.20 bits per heavy atom. The summed E-state index contributed by atoms with van der Waals surface area (Å²) in [5.41, 5.74) is 7.89. The van der Waals surface area contributed by atoms with Crippen LogP contribution in [0, 0.1) is 0 Å². The number of halogens is 1. The Morgan fingerprint density at radius 3 is 2.70 bits per heavy atom. The van der Waals surface area contributed by atoms with Crippen molar-refractivity contribution in [1.29, 1.82) is 0 Å². The molecule has 5 heteroatoms. The smallest absolute Gasteiger partial charge is 0.250 e. The number of phenols is 1. The lowest BCUT2D eigenvalue weighted by Crippen LogP contribution is -2.10. The average molecular weight is 287 g/mol. The van der Waals surface area contributed by atoms with E-state index in [-0.39, 0.29) is 5.75 Å². The van der Waals surface area contributed by atoms with Gasteiger partial charge in [0.05, 0.1) is 5.56 Å². The summed E-state index contributed by atoms with van der Waals surface area (Å²) in [5, 5.41) is 11.2. The van der Waals surface area contributed by atoms with E-state index < -0.39 is 5.91 Å². The molecule has 0 saturated heterocycles. The maximum absolute atomic E-state index is 11.5. The first-order valence-corrected chi connectivity index (χ1v) is 6.34. The minimum absolute atomic E-state index is 0.0571. The molecule has 0 radical (unpaired) electrons. The van der Waals surface area contributed by atoms with Crippen LogP contribution in [0.5, 0.6) is 5.75 Å². The van der Waals surface area contributed by atoms with Gasteiger partial charge in [0.2, 0.25) is 0 Å². The number of rotatable bonds is 2. The van der Waals surface area contributed by atoms with Gasteiger partial charge < -0.3 is 15.8 Å². The molecule has 20 heavy (non-hydrogen) atoms. The molecule has 0 atom stereocenters. The van der Waals surface area contributed by atoms with Crippen molar-refractivity contribution >= 4 is 28.4 Å². The molecule has 4 N–H and O–H groups in total. The van der Waals surface area contributed by atoms with Crippen molar-refractivity contribution in [2.24, 2.45) is 5.73 Å². The molecule has 0 saturated carbocycles. The summed E-state index contributed by atoms with van der Waals surface area (Å²) in [6.45, 7) is 0. The highest BCUT2D eigenvalue weighted by molar-refractivity contribution is 6.30. The number of aromatic nitrogens is 1. The van der Waals surface area contributed by atoms with Gasteiger partial charge in [-0.25, -0.2) is 0 Å². The highest BCUT2D eigenvalue weighted by Crippen LogP contribution is 2.37. The summed E-state index contributed by atoms with van der Waals surface area (Å²) in [5.74, 6) is -0.459. The van der Waals surface area contributed by atoms with E-state index in [1.165, 1.54) is 6.07 Å². The standard InChI is InChI=1S/C15H11ClN2O2/c16-8-4-5-9(13(19)6-8)10-2-1-3-12-14(10)11(7-18-12)15(17)20/h1-7,18-19H,(H2,17,20). The van der Waals surface area contributed by atoms with Gasteiger partial charge in [-0.05, 0) is 29.8 Å². The lowest BCUT2D eigenvalue weighted by atomic mass is 9.98. The Hall–Kier alpha value is -2.46. The summed E-state index contributed by atoms with van der Waals surface area (Å²) < 4.78 is 0. The van der Waals surface area contributed by atoms with E-state index in [0.29, 0.717) is 21.5 Å². The van der Waals surface area contributed by atoms with Crippen molar-refractivity contribution in [3.8, 4) is 16.9 Å². The van der Waals surface area contributed by atoms with Crippen LogP contribution >= 0.6 is 11.6 Å². The Bertz CT molecular complexity index is 824. The van der Waals surface area contributed by atoms with Gasteiger partial charge >= 0.3 is 0 Å². The zero-order valence-electron chi connectivity index (χ0n) is 10.4. The lowest BCUT2D eigenvalue weighted by Gasteiger charge is -2.08. The van der Waals surface area contributed by atoms with E-state index in [0.717, 1.165) is 11.1 Å². The molecule has 0 aliphatic heterocycles. The number of fused-ring (bicyclic) bond motifs is 1. The maximum atomic E-state index is 11.5. The average Bonchev–Trinajstić information content (AvgIpc) is 2.83. The van der Waals surface area contributed by atoms with Gasteiger partial charge in [-0.15, -0.1) is 0 Å². The quantitative estimate of drug-likeness (QED) is 0.676. The largest absolute Gasteiger partial charge is 0.507 e. The number of carbonyl (C=O) groups is 1. The molecule has 1 heterocycles. The first-order chi connectivity index (χ1) is 9.58. The van der Waals surface area contributed by atoms with Crippen LogP contribution in [0.15, 0.2) is 42.6 Å². The number of hydrogen-bond acceptors (Lipinski definition) is 2. The fourth-order valence-corrected chi connectivity index (χ4v) is 2.50. The molecule has 0 aliphatic rings. The number of nitrogens with two attached hydrogens (primary N) is 1. The number of primary amides is 1. The SMILES string of the molecule is NC(=O)c1c[nH]c2cccc(-c3ccc(Cl)cc3O)c12. The van der Waals surface area contributed by atoms with Crippen molar-refractivity contribution in [2.45, 2.75) is 0 Å². The molecule has 3 aromatic rings. The number of aromatic amines is 1. The summed E-state index contributed by atoms with van der Waals surface area (Å²) in [6.07, 6.45) is 1.57. The molecule has 100 valence electrons. The predicted molar refractivity (Wildman–Crippen MR) is 78.9 cm³/mol. The number of hydrogen-bond donors (Lipinski definition) is 3. The highest BCUT2D eigenvalue weighted by Gasteiger charge is 2.15. The van der Waals surface area contributed by atoms with E-state index in [2.05, 4.69) is 4.98 Å². The molecule has 3 rings (SSSR count). The summed E-state index contributed by atoms with van der Waals surface area (Å²) in [6, 6.07) is 10.4. The van der Waals surface area contributed by atoms with Gasteiger partial charge in [0, 0.05) is 27.7 Å². The fraction of sp³-hybridized carbons (Fsp3) is 0. The number of amides is 1. The normalized spacial score (nSPS) is 10.8. The van der Waals surface area contributed by atoms with Crippen molar-refractivity contribution < 1.29 is 9.90 Å². The van der Waals surface area contributed by atoms with Gasteiger partial charge in [-0.1, -0.05) is 23.7 Å². The number of aromatic hydroxyl groups is 1. The van der Waals surface area contributed by atoms with Crippen molar-refractivity contribution in [2.75, 3.05) is 0 Å².